The fourth-order valence-corrected chi connectivity index (χ4v) is 3.69. The molecule has 2 unspecified atom stereocenters. The number of rotatable bonds is 17. The van der Waals surface area contributed by atoms with Crippen LogP contribution in [0.3, 0.4) is 0 Å². The molecule has 34 heavy (non-hydrogen) atoms. The van der Waals surface area contributed by atoms with E-state index in [0.717, 1.165) is 51.0 Å². The van der Waals surface area contributed by atoms with E-state index in [0.29, 0.717) is 12.5 Å². The fraction of sp³-hybridized carbons (Fsp3) is 0.806. The Morgan fingerprint density at radius 3 is 1.50 bits per heavy atom. The molecule has 0 rings (SSSR count). The van der Waals surface area contributed by atoms with Crippen LogP contribution in [0, 0.1) is 17.8 Å². The highest BCUT2D eigenvalue weighted by atomic mass is 16.3. The average Bonchev–Trinajstić information content (AvgIpc) is 2.75. The van der Waals surface area contributed by atoms with E-state index in [4.69, 9.17) is 15.3 Å². The number of hydrogen-bond donors (Lipinski definition) is 3. The molecule has 0 aliphatic heterocycles. The maximum atomic E-state index is 8.81. The van der Waals surface area contributed by atoms with Crippen molar-refractivity contribution in [3.8, 4) is 0 Å². The van der Waals surface area contributed by atoms with Crippen molar-refractivity contribution in [2.45, 2.75) is 126 Å². The molecule has 3 heteroatoms. The molecule has 0 aliphatic carbocycles. The predicted octanol–water partition coefficient (Wildman–Crippen LogP) is 8.64. The molecule has 2 atom stereocenters. The van der Waals surface area contributed by atoms with Gasteiger partial charge in [0.25, 0.3) is 0 Å². The molecule has 0 heterocycles. The summed E-state index contributed by atoms with van der Waals surface area (Å²) in [6, 6.07) is 0. The van der Waals surface area contributed by atoms with E-state index in [2.05, 4.69) is 67.5 Å². The molecular formula is C31H62O3. The summed E-state index contributed by atoms with van der Waals surface area (Å²) in [4.78, 5) is 0. The molecule has 0 aromatic heterocycles. The molecule has 0 saturated carbocycles. The third-order valence-electron chi connectivity index (χ3n) is 6.06. The van der Waals surface area contributed by atoms with Crippen LogP contribution >= 0.6 is 0 Å². The lowest BCUT2D eigenvalue weighted by Crippen LogP contribution is -2.01. The van der Waals surface area contributed by atoms with Gasteiger partial charge in [-0.05, 0) is 77.6 Å². The van der Waals surface area contributed by atoms with E-state index < -0.39 is 0 Å². The summed E-state index contributed by atoms with van der Waals surface area (Å²) >= 11 is 0. The number of allylic oxidation sites excluding steroid dienone is 5. The first-order chi connectivity index (χ1) is 16.1. The Hall–Kier alpha value is -0.900. The van der Waals surface area contributed by atoms with E-state index in [1.165, 1.54) is 55.2 Å². The lowest BCUT2D eigenvalue weighted by molar-refractivity contribution is 0.255. The minimum absolute atomic E-state index is 0.162. The summed E-state index contributed by atoms with van der Waals surface area (Å²) in [7, 11) is 1.00. The maximum absolute atomic E-state index is 8.81. The minimum atomic E-state index is 0.162. The van der Waals surface area contributed by atoms with Gasteiger partial charge in [0.05, 0.1) is 6.61 Å². The highest BCUT2D eigenvalue weighted by Gasteiger charge is 2.05. The first-order valence-electron chi connectivity index (χ1n) is 13.7. The van der Waals surface area contributed by atoms with Gasteiger partial charge in [0.15, 0.2) is 0 Å². The van der Waals surface area contributed by atoms with Gasteiger partial charge in [-0.3, -0.25) is 0 Å². The Labute approximate surface area is 214 Å². The Kier molecular flexibility index (Phi) is 31.4. The molecule has 0 saturated heterocycles. The summed E-state index contributed by atoms with van der Waals surface area (Å²) in [5.74, 6) is 2.45. The zero-order valence-electron chi connectivity index (χ0n) is 24.5. The first-order valence-corrected chi connectivity index (χ1v) is 13.7. The van der Waals surface area contributed by atoms with Crippen LogP contribution in [0.15, 0.2) is 34.9 Å². The second-order valence-corrected chi connectivity index (χ2v) is 10.6. The normalized spacial score (nSPS) is 13.4. The molecule has 0 radical (unpaired) electrons. The van der Waals surface area contributed by atoms with Crippen molar-refractivity contribution in [2.75, 3.05) is 20.3 Å². The molecule has 0 bridgehead atoms. The highest BCUT2D eigenvalue weighted by Crippen LogP contribution is 2.20. The van der Waals surface area contributed by atoms with Crippen LogP contribution in [0.1, 0.15) is 126 Å². The van der Waals surface area contributed by atoms with Gasteiger partial charge in [0.1, 0.15) is 0 Å². The lowest BCUT2D eigenvalue weighted by Gasteiger charge is -2.14. The average molecular weight is 483 g/mol. The van der Waals surface area contributed by atoms with Gasteiger partial charge in [-0.2, -0.15) is 0 Å². The van der Waals surface area contributed by atoms with Crippen LogP contribution in [0.25, 0.3) is 0 Å². The van der Waals surface area contributed by atoms with Crippen LogP contribution < -0.4 is 0 Å². The van der Waals surface area contributed by atoms with E-state index >= 15 is 0 Å². The maximum Gasteiger partial charge on any atom is 0.0614 e. The van der Waals surface area contributed by atoms with Gasteiger partial charge in [0.2, 0.25) is 0 Å². The zero-order valence-corrected chi connectivity index (χ0v) is 24.5. The van der Waals surface area contributed by atoms with Gasteiger partial charge in [-0.15, -0.1) is 0 Å². The largest absolute Gasteiger partial charge is 0.400 e. The minimum Gasteiger partial charge on any atom is -0.400 e. The van der Waals surface area contributed by atoms with Crippen molar-refractivity contribution in [1.82, 2.24) is 0 Å². The quantitative estimate of drug-likeness (QED) is 0.182. The Balaban J connectivity index is -0.000000526. The van der Waals surface area contributed by atoms with Gasteiger partial charge < -0.3 is 15.3 Å². The highest BCUT2D eigenvalue weighted by molar-refractivity contribution is 5.05. The molecule has 0 spiro atoms. The Morgan fingerprint density at radius 2 is 1.06 bits per heavy atom. The standard InChI is InChI=1S/C15H32O.C15H26O.CH4O/c2*1-13(2)7-5-8-14(3)9-6-10-15(4)11-12-16;1-2/h13-16H,5-12H2,1-4H3;7,9,11,16H,5-6,8,10,12H2,1-4H3;2H,1H3/b;14-9+,15-11+;. The van der Waals surface area contributed by atoms with Crippen LogP contribution in [-0.4, -0.2) is 35.6 Å². The van der Waals surface area contributed by atoms with E-state index in [1.807, 2.05) is 6.08 Å². The number of hydrogen-bond acceptors (Lipinski definition) is 3. The van der Waals surface area contributed by atoms with Crippen molar-refractivity contribution in [3.05, 3.63) is 34.9 Å². The molecule has 3 nitrogen and oxygen atoms in total. The second-order valence-electron chi connectivity index (χ2n) is 10.6. The molecule has 0 aliphatic rings. The lowest BCUT2D eigenvalue weighted by atomic mass is 9.93. The predicted molar refractivity (Wildman–Crippen MR) is 153 cm³/mol. The van der Waals surface area contributed by atoms with Crippen molar-refractivity contribution in [2.24, 2.45) is 17.8 Å². The monoisotopic (exact) mass is 482 g/mol. The fourth-order valence-electron chi connectivity index (χ4n) is 3.69. The molecule has 0 aromatic carbocycles. The molecule has 3 N–H and O–H groups in total. The Morgan fingerprint density at radius 1 is 0.618 bits per heavy atom. The SMILES string of the molecule is CC(C)=CCC/C(C)=C/CC/C(C)=C/CO.CC(C)CCCC(C)CCCC(C)CCO.CO. The summed E-state index contributed by atoms with van der Waals surface area (Å²) < 4.78 is 0. The van der Waals surface area contributed by atoms with Crippen LogP contribution in [-0.2, 0) is 0 Å². The summed E-state index contributed by atoms with van der Waals surface area (Å²) in [5.41, 5.74) is 4.14. The summed E-state index contributed by atoms with van der Waals surface area (Å²) in [5, 5.41) is 24.5. The topological polar surface area (TPSA) is 60.7 Å². The smallest absolute Gasteiger partial charge is 0.0614 e. The second kappa shape index (κ2) is 28.3. The van der Waals surface area contributed by atoms with Gasteiger partial charge >= 0.3 is 0 Å². The van der Waals surface area contributed by atoms with E-state index in [-0.39, 0.29) is 6.61 Å². The van der Waals surface area contributed by atoms with Crippen molar-refractivity contribution < 1.29 is 15.3 Å². The van der Waals surface area contributed by atoms with Crippen molar-refractivity contribution in [3.63, 3.8) is 0 Å². The van der Waals surface area contributed by atoms with Crippen LogP contribution in [0.4, 0.5) is 0 Å². The Bertz CT molecular complexity index is 499. The van der Waals surface area contributed by atoms with Crippen LogP contribution in [0.2, 0.25) is 0 Å². The van der Waals surface area contributed by atoms with E-state index in [9.17, 15) is 0 Å². The summed E-state index contributed by atoms with van der Waals surface area (Å²) in [6.07, 6.45) is 20.1. The van der Waals surface area contributed by atoms with Gasteiger partial charge in [0, 0.05) is 13.7 Å². The first kappa shape index (κ1) is 37.6. The number of aliphatic hydroxyl groups is 3. The van der Waals surface area contributed by atoms with Gasteiger partial charge in [-0.1, -0.05) is 101 Å². The third kappa shape index (κ3) is 33.3. The zero-order chi connectivity index (χ0) is 26.8. The molecule has 204 valence electrons. The van der Waals surface area contributed by atoms with Crippen molar-refractivity contribution in [1.29, 1.82) is 0 Å². The third-order valence-corrected chi connectivity index (χ3v) is 6.06. The summed E-state index contributed by atoms with van der Waals surface area (Å²) in [6.45, 7) is 18.3. The molecule has 0 amide bonds. The molecule has 0 aromatic rings. The van der Waals surface area contributed by atoms with Crippen molar-refractivity contribution >= 4 is 0 Å². The van der Waals surface area contributed by atoms with Crippen LogP contribution in [0.5, 0.6) is 0 Å². The molecular weight excluding hydrogens is 420 g/mol. The molecule has 0 fully saturated rings. The van der Waals surface area contributed by atoms with Gasteiger partial charge in [-0.25, -0.2) is 0 Å². The van der Waals surface area contributed by atoms with E-state index in [1.54, 1.807) is 0 Å². The number of aliphatic hydroxyl groups excluding tert-OH is 3.